The van der Waals surface area contributed by atoms with Gasteiger partial charge >= 0.3 is 6.18 Å². The van der Waals surface area contributed by atoms with Gasteiger partial charge in [-0.15, -0.1) is 0 Å². The van der Waals surface area contributed by atoms with Crippen LogP contribution in [0.3, 0.4) is 0 Å². The minimum absolute atomic E-state index is 0.128. The van der Waals surface area contributed by atoms with Crippen LogP contribution in [0, 0.1) is 11.6 Å². The Morgan fingerprint density at radius 2 is 1.74 bits per heavy atom. The molecule has 2 aromatic carbocycles. The maximum absolute atomic E-state index is 14.8. The lowest BCUT2D eigenvalue weighted by Crippen LogP contribution is -2.52. The lowest BCUT2D eigenvalue weighted by molar-refractivity contribution is -0.138. The molecule has 0 aromatic heterocycles. The first-order valence-electron chi connectivity index (χ1n) is 12.2. The van der Waals surface area contributed by atoms with Crippen molar-refractivity contribution in [2.24, 2.45) is 0 Å². The van der Waals surface area contributed by atoms with E-state index in [1.807, 2.05) is 11.8 Å². The summed E-state index contributed by atoms with van der Waals surface area (Å²) in [5.74, 6) is -4.76. The van der Waals surface area contributed by atoms with Crippen LogP contribution < -0.4 is 15.5 Å². The Bertz CT molecular complexity index is 1220. The van der Waals surface area contributed by atoms with E-state index in [9.17, 15) is 35.9 Å². The summed E-state index contributed by atoms with van der Waals surface area (Å²) in [5, 5.41) is 5.07. The second-order valence-corrected chi connectivity index (χ2v) is 10.3. The lowest BCUT2D eigenvalue weighted by Gasteiger charge is -2.42. The van der Waals surface area contributed by atoms with Gasteiger partial charge in [0.1, 0.15) is 0 Å². The number of carbonyl (C=O) groups excluding carboxylic acids is 2. The molecule has 214 valence electrons. The van der Waals surface area contributed by atoms with E-state index in [1.165, 1.54) is 12.1 Å². The number of alkyl halides is 4. The fourth-order valence-electron chi connectivity index (χ4n) is 4.20. The van der Waals surface area contributed by atoms with Crippen molar-refractivity contribution < 1.29 is 35.9 Å². The molecule has 0 radical (unpaired) electrons. The van der Waals surface area contributed by atoms with Gasteiger partial charge in [-0.2, -0.15) is 13.2 Å². The SMILES string of the molecule is C[C@H]1CN(CCC(F)(F)F)CCN1c1cc(Cl)ccc1NC(=O)c1ccc(CNC(=O)C(C)(C)F)c(F)c1F. The van der Waals surface area contributed by atoms with Crippen LogP contribution in [0.5, 0.6) is 0 Å². The first-order valence-corrected chi connectivity index (χ1v) is 12.6. The molecule has 1 heterocycles. The van der Waals surface area contributed by atoms with Gasteiger partial charge in [-0.05, 0) is 45.0 Å². The zero-order valence-corrected chi connectivity index (χ0v) is 22.3. The Labute approximate surface area is 227 Å². The minimum atomic E-state index is -4.25. The molecule has 1 atom stereocenters. The number of carbonyl (C=O) groups is 2. The first kappa shape index (κ1) is 30.6. The average Bonchev–Trinajstić information content (AvgIpc) is 2.83. The maximum atomic E-state index is 14.8. The summed E-state index contributed by atoms with van der Waals surface area (Å²) in [6, 6.07) is 6.50. The molecular formula is C26H29ClF6N4O2. The molecule has 0 saturated carbocycles. The van der Waals surface area contributed by atoms with Gasteiger partial charge in [0.05, 0.1) is 23.4 Å². The standard InChI is InChI=1S/C26H29ClF6N4O2/c1-15-14-36(9-8-26(31,32)33)10-11-37(15)20-12-17(27)5-7-19(20)35-23(38)18-6-4-16(21(28)22(18)29)13-34-24(39)25(2,3)30/h4-7,12,15H,8-11,13-14H2,1-3H3,(H,34,39)(H,35,38)/t15-/m0/s1. The van der Waals surface area contributed by atoms with E-state index in [0.29, 0.717) is 30.3 Å². The monoisotopic (exact) mass is 578 g/mol. The van der Waals surface area contributed by atoms with E-state index in [2.05, 4.69) is 10.6 Å². The quantitative estimate of drug-likeness (QED) is 0.395. The molecule has 0 bridgehead atoms. The van der Waals surface area contributed by atoms with Crippen molar-refractivity contribution in [3.8, 4) is 0 Å². The third-order valence-corrected chi connectivity index (χ3v) is 6.56. The van der Waals surface area contributed by atoms with Crippen LogP contribution >= 0.6 is 11.6 Å². The second kappa shape index (κ2) is 12.0. The number of halogens is 7. The van der Waals surface area contributed by atoms with E-state index >= 15 is 0 Å². The van der Waals surface area contributed by atoms with Crippen LogP contribution in [0.2, 0.25) is 5.02 Å². The Morgan fingerprint density at radius 3 is 2.36 bits per heavy atom. The van der Waals surface area contributed by atoms with Crippen molar-refractivity contribution >= 4 is 34.8 Å². The van der Waals surface area contributed by atoms with Gasteiger partial charge in [-0.25, -0.2) is 13.2 Å². The fourth-order valence-corrected chi connectivity index (χ4v) is 4.37. The van der Waals surface area contributed by atoms with Gasteiger partial charge in [0.15, 0.2) is 17.3 Å². The Hall–Kier alpha value is -2.99. The smallest absolute Gasteiger partial charge is 0.365 e. The summed E-state index contributed by atoms with van der Waals surface area (Å²) in [6.45, 7) is 4.29. The number of nitrogens with zero attached hydrogens (tertiary/aromatic N) is 2. The number of benzene rings is 2. The van der Waals surface area contributed by atoms with Crippen molar-refractivity contribution in [2.75, 3.05) is 36.4 Å². The second-order valence-electron chi connectivity index (χ2n) is 9.88. The molecule has 2 N–H and O–H groups in total. The summed E-state index contributed by atoms with van der Waals surface area (Å²) < 4.78 is 81.0. The van der Waals surface area contributed by atoms with E-state index in [0.717, 1.165) is 26.0 Å². The highest BCUT2D eigenvalue weighted by Crippen LogP contribution is 2.33. The molecule has 1 aliphatic rings. The molecule has 39 heavy (non-hydrogen) atoms. The van der Waals surface area contributed by atoms with E-state index < -0.39 is 53.8 Å². The van der Waals surface area contributed by atoms with Crippen LogP contribution in [0.1, 0.15) is 43.1 Å². The fraction of sp³-hybridized carbons (Fsp3) is 0.462. The van der Waals surface area contributed by atoms with Gasteiger partial charge in [0.2, 0.25) is 0 Å². The van der Waals surface area contributed by atoms with Gasteiger partial charge in [0.25, 0.3) is 11.8 Å². The molecule has 0 unspecified atom stereocenters. The van der Waals surface area contributed by atoms with Crippen LogP contribution in [-0.2, 0) is 11.3 Å². The zero-order chi connectivity index (χ0) is 29.1. The number of piperazine rings is 1. The van der Waals surface area contributed by atoms with E-state index in [-0.39, 0.29) is 23.8 Å². The summed E-state index contributed by atoms with van der Waals surface area (Å²) in [6.07, 6.45) is -5.17. The van der Waals surface area contributed by atoms with Crippen molar-refractivity contribution in [3.05, 3.63) is 58.1 Å². The highest BCUT2D eigenvalue weighted by molar-refractivity contribution is 6.31. The molecular weight excluding hydrogens is 550 g/mol. The van der Waals surface area contributed by atoms with Crippen LogP contribution in [0.15, 0.2) is 30.3 Å². The van der Waals surface area contributed by atoms with Crippen molar-refractivity contribution in [1.82, 2.24) is 10.2 Å². The predicted molar refractivity (Wildman–Crippen MR) is 137 cm³/mol. The highest BCUT2D eigenvalue weighted by atomic mass is 35.5. The van der Waals surface area contributed by atoms with Gasteiger partial charge in [-0.3, -0.25) is 14.5 Å². The number of hydrogen-bond acceptors (Lipinski definition) is 4. The van der Waals surface area contributed by atoms with Gasteiger partial charge in [-0.1, -0.05) is 17.7 Å². The molecule has 0 aliphatic carbocycles. The molecule has 13 heteroatoms. The Kier molecular flexibility index (Phi) is 9.43. The molecule has 1 saturated heterocycles. The molecule has 1 aliphatic heterocycles. The molecule has 2 aromatic rings. The van der Waals surface area contributed by atoms with Gasteiger partial charge < -0.3 is 15.5 Å². The third-order valence-electron chi connectivity index (χ3n) is 6.33. The molecule has 6 nitrogen and oxygen atoms in total. The normalized spacial score (nSPS) is 16.8. The zero-order valence-electron chi connectivity index (χ0n) is 21.6. The van der Waals surface area contributed by atoms with Crippen LogP contribution in [0.25, 0.3) is 0 Å². The average molecular weight is 579 g/mol. The molecule has 1 fully saturated rings. The summed E-state index contributed by atoms with van der Waals surface area (Å²) in [5.41, 5.74) is -2.35. The number of rotatable bonds is 8. The third kappa shape index (κ3) is 8.01. The maximum Gasteiger partial charge on any atom is 0.390 e. The summed E-state index contributed by atoms with van der Waals surface area (Å²) in [7, 11) is 0. The van der Waals surface area contributed by atoms with Crippen LogP contribution in [-0.4, -0.2) is 60.8 Å². The van der Waals surface area contributed by atoms with Crippen LogP contribution in [0.4, 0.5) is 37.7 Å². The van der Waals surface area contributed by atoms with E-state index in [1.54, 1.807) is 11.0 Å². The predicted octanol–water partition coefficient (Wildman–Crippen LogP) is 5.70. The molecule has 3 rings (SSSR count). The Morgan fingerprint density at radius 1 is 1.05 bits per heavy atom. The van der Waals surface area contributed by atoms with Crippen molar-refractivity contribution in [3.63, 3.8) is 0 Å². The molecule has 0 spiro atoms. The number of anilines is 2. The van der Waals surface area contributed by atoms with Crippen molar-refractivity contribution in [1.29, 1.82) is 0 Å². The summed E-state index contributed by atoms with van der Waals surface area (Å²) in [4.78, 5) is 28.2. The minimum Gasteiger partial charge on any atom is -0.365 e. The number of amides is 2. The number of nitrogens with one attached hydrogen (secondary N) is 2. The summed E-state index contributed by atoms with van der Waals surface area (Å²) >= 11 is 6.17. The first-order chi connectivity index (χ1) is 18.1. The lowest BCUT2D eigenvalue weighted by atomic mass is 10.1. The van der Waals surface area contributed by atoms with Gasteiger partial charge in [0, 0.05) is 49.4 Å². The highest BCUT2D eigenvalue weighted by Gasteiger charge is 2.32. The molecule has 2 amide bonds. The largest absolute Gasteiger partial charge is 0.390 e. The number of hydrogen-bond donors (Lipinski definition) is 2. The van der Waals surface area contributed by atoms with Crippen molar-refractivity contribution in [2.45, 2.75) is 51.6 Å². The Balaban J connectivity index is 1.75. The topological polar surface area (TPSA) is 64.7 Å². The van der Waals surface area contributed by atoms with E-state index in [4.69, 9.17) is 11.6 Å².